The molecule has 0 spiro atoms. The van der Waals surface area contributed by atoms with Crippen LogP contribution < -0.4 is 5.32 Å². The van der Waals surface area contributed by atoms with E-state index in [2.05, 4.69) is 10.4 Å². The molecule has 0 bridgehead atoms. The quantitative estimate of drug-likeness (QED) is 0.885. The van der Waals surface area contributed by atoms with Gasteiger partial charge >= 0.3 is 0 Å². The Kier molecular flexibility index (Phi) is 3.51. The fraction of sp³-hybridized carbons (Fsp3) is 0.400. The Balaban J connectivity index is 1.74. The summed E-state index contributed by atoms with van der Waals surface area (Å²) in [7, 11) is 0. The maximum atomic E-state index is 9.82. The average molecular weight is 257 g/mol. The molecular weight excluding hydrogens is 238 g/mol. The van der Waals surface area contributed by atoms with E-state index in [9.17, 15) is 5.11 Å². The largest absolute Gasteiger partial charge is 0.506 e. The molecule has 1 atom stereocenters. The molecule has 1 unspecified atom stereocenters. The van der Waals surface area contributed by atoms with Gasteiger partial charge in [-0.3, -0.25) is 0 Å². The summed E-state index contributed by atoms with van der Waals surface area (Å²) in [5.41, 5.74) is 1.97. The van der Waals surface area contributed by atoms with Crippen LogP contribution in [0.3, 0.4) is 0 Å². The fourth-order valence-electron chi connectivity index (χ4n) is 2.69. The molecule has 3 rings (SSSR count). The van der Waals surface area contributed by atoms with E-state index in [4.69, 9.17) is 0 Å². The lowest BCUT2D eigenvalue weighted by Gasteiger charge is -2.21. The zero-order valence-corrected chi connectivity index (χ0v) is 10.9. The van der Waals surface area contributed by atoms with Gasteiger partial charge in [0.25, 0.3) is 0 Å². The van der Waals surface area contributed by atoms with Crippen LogP contribution in [0.25, 0.3) is 5.69 Å². The SMILES string of the molecule is Oc1ccccc1-n1cc(CC2CCCNC2)cn1. The first-order chi connectivity index (χ1) is 9.33. The van der Waals surface area contributed by atoms with Crippen LogP contribution in [0.5, 0.6) is 5.75 Å². The number of benzene rings is 1. The molecule has 2 heterocycles. The second-order valence-corrected chi connectivity index (χ2v) is 5.20. The predicted molar refractivity (Wildman–Crippen MR) is 74.5 cm³/mol. The first-order valence-electron chi connectivity index (χ1n) is 6.85. The zero-order chi connectivity index (χ0) is 13.1. The summed E-state index contributed by atoms with van der Waals surface area (Å²) in [6, 6.07) is 7.27. The molecule has 1 saturated heterocycles. The summed E-state index contributed by atoms with van der Waals surface area (Å²) in [5, 5.41) is 17.6. The van der Waals surface area contributed by atoms with Crippen LogP contribution in [0.4, 0.5) is 0 Å². The molecule has 1 aromatic carbocycles. The molecule has 2 aromatic rings. The van der Waals surface area contributed by atoms with E-state index in [0.29, 0.717) is 5.92 Å². The highest BCUT2D eigenvalue weighted by molar-refractivity contribution is 5.44. The van der Waals surface area contributed by atoms with Gasteiger partial charge < -0.3 is 10.4 Å². The van der Waals surface area contributed by atoms with Crippen molar-refractivity contribution in [1.29, 1.82) is 0 Å². The van der Waals surface area contributed by atoms with Crippen LogP contribution in [0.1, 0.15) is 18.4 Å². The van der Waals surface area contributed by atoms with Gasteiger partial charge in [0, 0.05) is 6.20 Å². The third-order valence-electron chi connectivity index (χ3n) is 3.69. The van der Waals surface area contributed by atoms with E-state index < -0.39 is 0 Å². The third kappa shape index (κ3) is 2.79. The third-order valence-corrected chi connectivity index (χ3v) is 3.69. The van der Waals surface area contributed by atoms with Crippen molar-refractivity contribution in [2.24, 2.45) is 5.92 Å². The molecule has 1 aliphatic rings. The van der Waals surface area contributed by atoms with Crippen LogP contribution in [-0.4, -0.2) is 28.0 Å². The molecule has 4 nitrogen and oxygen atoms in total. The molecule has 4 heteroatoms. The van der Waals surface area contributed by atoms with Crippen molar-refractivity contribution in [2.75, 3.05) is 13.1 Å². The Morgan fingerprint density at radius 3 is 3.05 bits per heavy atom. The number of rotatable bonds is 3. The van der Waals surface area contributed by atoms with E-state index in [-0.39, 0.29) is 5.75 Å². The molecule has 0 radical (unpaired) electrons. The lowest BCUT2D eigenvalue weighted by molar-refractivity contribution is 0.376. The monoisotopic (exact) mass is 257 g/mol. The summed E-state index contributed by atoms with van der Waals surface area (Å²) in [5.74, 6) is 0.965. The average Bonchev–Trinajstić information content (AvgIpc) is 2.89. The molecule has 0 aliphatic carbocycles. The van der Waals surface area contributed by atoms with E-state index in [1.54, 1.807) is 10.7 Å². The number of nitrogens with one attached hydrogen (secondary N) is 1. The van der Waals surface area contributed by atoms with Gasteiger partial charge in [-0.1, -0.05) is 12.1 Å². The van der Waals surface area contributed by atoms with E-state index in [1.165, 1.54) is 18.4 Å². The van der Waals surface area contributed by atoms with E-state index in [1.807, 2.05) is 30.6 Å². The molecular formula is C15H19N3O. The maximum absolute atomic E-state index is 9.82. The molecule has 1 fully saturated rings. The second-order valence-electron chi connectivity index (χ2n) is 5.20. The van der Waals surface area contributed by atoms with Crippen LogP contribution in [0.2, 0.25) is 0 Å². The minimum Gasteiger partial charge on any atom is -0.506 e. The topological polar surface area (TPSA) is 50.1 Å². The Labute approximate surface area is 113 Å². The fourth-order valence-corrected chi connectivity index (χ4v) is 2.69. The molecule has 2 N–H and O–H groups in total. The van der Waals surface area contributed by atoms with Crippen LogP contribution >= 0.6 is 0 Å². The van der Waals surface area contributed by atoms with Crippen molar-refractivity contribution in [3.8, 4) is 11.4 Å². The number of aromatic nitrogens is 2. The second kappa shape index (κ2) is 5.45. The van der Waals surface area contributed by atoms with Gasteiger partial charge in [-0.15, -0.1) is 0 Å². The summed E-state index contributed by atoms with van der Waals surface area (Å²) in [6.07, 6.45) is 7.53. The molecule has 19 heavy (non-hydrogen) atoms. The first-order valence-corrected chi connectivity index (χ1v) is 6.85. The Hall–Kier alpha value is -1.81. The highest BCUT2D eigenvalue weighted by Crippen LogP contribution is 2.21. The van der Waals surface area contributed by atoms with Crippen LogP contribution in [0.15, 0.2) is 36.7 Å². The van der Waals surface area contributed by atoms with Crippen LogP contribution in [0, 0.1) is 5.92 Å². The molecule has 0 amide bonds. The van der Waals surface area contributed by atoms with Crippen molar-refractivity contribution < 1.29 is 5.11 Å². The minimum atomic E-state index is 0.261. The number of phenolic OH excluding ortho intramolecular Hbond substituents is 1. The van der Waals surface area contributed by atoms with E-state index >= 15 is 0 Å². The minimum absolute atomic E-state index is 0.261. The molecule has 100 valence electrons. The van der Waals surface area contributed by atoms with Gasteiger partial charge in [-0.2, -0.15) is 5.10 Å². The van der Waals surface area contributed by atoms with Gasteiger partial charge in [0.05, 0.1) is 6.20 Å². The van der Waals surface area contributed by atoms with Gasteiger partial charge in [-0.05, 0) is 56.0 Å². The summed E-state index contributed by atoms with van der Waals surface area (Å²) in [4.78, 5) is 0. The smallest absolute Gasteiger partial charge is 0.141 e. The summed E-state index contributed by atoms with van der Waals surface area (Å²) in [6.45, 7) is 2.25. The van der Waals surface area contributed by atoms with E-state index in [0.717, 1.165) is 25.2 Å². The Morgan fingerprint density at radius 2 is 2.26 bits per heavy atom. The maximum Gasteiger partial charge on any atom is 0.141 e. The summed E-state index contributed by atoms with van der Waals surface area (Å²) < 4.78 is 1.75. The van der Waals surface area contributed by atoms with Crippen molar-refractivity contribution in [3.05, 3.63) is 42.2 Å². The van der Waals surface area contributed by atoms with Crippen molar-refractivity contribution in [1.82, 2.24) is 15.1 Å². The molecule has 0 saturated carbocycles. The lowest BCUT2D eigenvalue weighted by atomic mass is 9.94. The van der Waals surface area contributed by atoms with Gasteiger partial charge in [-0.25, -0.2) is 4.68 Å². The Morgan fingerprint density at radius 1 is 1.37 bits per heavy atom. The van der Waals surface area contributed by atoms with Crippen LogP contribution in [-0.2, 0) is 6.42 Å². The van der Waals surface area contributed by atoms with Gasteiger partial charge in [0.1, 0.15) is 11.4 Å². The number of para-hydroxylation sites is 2. The van der Waals surface area contributed by atoms with Gasteiger partial charge in [0.15, 0.2) is 0 Å². The summed E-state index contributed by atoms with van der Waals surface area (Å²) >= 11 is 0. The van der Waals surface area contributed by atoms with Crippen molar-refractivity contribution in [2.45, 2.75) is 19.3 Å². The van der Waals surface area contributed by atoms with Crippen molar-refractivity contribution in [3.63, 3.8) is 0 Å². The Bertz CT molecular complexity index is 544. The highest BCUT2D eigenvalue weighted by Gasteiger charge is 2.14. The molecule has 1 aromatic heterocycles. The van der Waals surface area contributed by atoms with Crippen molar-refractivity contribution >= 4 is 0 Å². The predicted octanol–water partition coefficient (Wildman–Crippen LogP) is 2.12. The number of hydrogen-bond donors (Lipinski definition) is 2. The standard InChI is InChI=1S/C15H19N3O/c19-15-6-2-1-5-14(15)18-11-13(10-17-18)8-12-4-3-7-16-9-12/h1-2,5-6,10-12,16,19H,3-4,7-9H2. The first kappa shape index (κ1) is 12.2. The number of hydrogen-bond acceptors (Lipinski definition) is 3. The number of piperidine rings is 1. The van der Waals surface area contributed by atoms with Gasteiger partial charge in [0.2, 0.25) is 0 Å². The number of phenols is 1. The lowest BCUT2D eigenvalue weighted by Crippen LogP contribution is -2.30. The number of aromatic hydroxyl groups is 1. The normalized spacial score (nSPS) is 19.5. The zero-order valence-electron chi connectivity index (χ0n) is 10.9. The number of nitrogens with zero attached hydrogens (tertiary/aromatic N) is 2. The highest BCUT2D eigenvalue weighted by atomic mass is 16.3. The molecule has 1 aliphatic heterocycles.